The zero-order valence-electron chi connectivity index (χ0n) is 12.5. The number of carbonyl (C=O) groups excluding carboxylic acids is 1. The summed E-state index contributed by atoms with van der Waals surface area (Å²) >= 11 is 0. The minimum atomic E-state index is -0.184. The van der Waals surface area contributed by atoms with Gasteiger partial charge in [-0.05, 0) is 26.2 Å². The lowest BCUT2D eigenvalue weighted by Gasteiger charge is -2.22. The van der Waals surface area contributed by atoms with Crippen molar-refractivity contribution in [3.05, 3.63) is 47.9 Å². The van der Waals surface area contributed by atoms with Crippen LogP contribution in [0.3, 0.4) is 0 Å². The largest absolute Gasteiger partial charge is 0.468 e. The van der Waals surface area contributed by atoms with E-state index in [2.05, 4.69) is 15.3 Å². The Morgan fingerprint density at radius 1 is 1.38 bits per heavy atom. The zero-order chi connectivity index (χ0) is 15.2. The third kappa shape index (κ3) is 3.88. The van der Waals surface area contributed by atoms with E-state index in [1.54, 1.807) is 18.7 Å². The highest BCUT2D eigenvalue weighted by Gasteiger charge is 2.18. The smallest absolute Gasteiger partial charge is 0.254 e. The number of rotatable bonds is 6. The third-order valence-electron chi connectivity index (χ3n) is 3.23. The third-order valence-corrected chi connectivity index (χ3v) is 3.23. The van der Waals surface area contributed by atoms with Crippen molar-refractivity contribution >= 4 is 5.91 Å². The van der Waals surface area contributed by atoms with Crippen LogP contribution < -0.4 is 5.32 Å². The SMILES string of the molecule is CCc1ncc(C(=O)NC[C@H](c2ccco2)N(C)C)cn1. The number of likely N-dealkylation sites (N-methyl/N-ethyl adjacent to an activating group) is 1. The van der Waals surface area contributed by atoms with Gasteiger partial charge >= 0.3 is 0 Å². The van der Waals surface area contributed by atoms with E-state index in [4.69, 9.17) is 4.42 Å². The molecule has 0 unspecified atom stereocenters. The van der Waals surface area contributed by atoms with Crippen LogP contribution in [0.15, 0.2) is 35.2 Å². The van der Waals surface area contributed by atoms with Crippen molar-refractivity contribution in [1.82, 2.24) is 20.2 Å². The molecule has 0 saturated carbocycles. The van der Waals surface area contributed by atoms with Gasteiger partial charge in [0.05, 0.1) is 17.9 Å². The molecular formula is C15H20N4O2. The number of hydrogen-bond donors (Lipinski definition) is 1. The van der Waals surface area contributed by atoms with Gasteiger partial charge in [0.15, 0.2) is 0 Å². The first kappa shape index (κ1) is 15.2. The fourth-order valence-electron chi connectivity index (χ4n) is 1.96. The summed E-state index contributed by atoms with van der Waals surface area (Å²) in [5.74, 6) is 1.36. The van der Waals surface area contributed by atoms with E-state index in [9.17, 15) is 4.79 Å². The summed E-state index contributed by atoms with van der Waals surface area (Å²) in [6.07, 6.45) is 5.49. The molecule has 21 heavy (non-hydrogen) atoms. The van der Waals surface area contributed by atoms with E-state index in [1.165, 1.54) is 0 Å². The molecule has 1 atom stereocenters. The average Bonchev–Trinajstić information content (AvgIpc) is 3.01. The molecule has 0 spiro atoms. The summed E-state index contributed by atoms with van der Waals surface area (Å²) in [7, 11) is 3.89. The molecule has 0 bridgehead atoms. The monoisotopic (exact) mass is 288 g/mol. The maximum absolute atomic E-state index is 12.1. The average molecular weight is 288 g/mol. The van der Waals surface area contributed by atoms with Gasteiger partial charge in [-0.25, -0.2) is 9.97 Å². The van der Waals surface area contributed by atoms with Crippen LogP contribution in [0.25, 0.3) is 0 Å². The first-order valence-corrected chi connectivity index (χ1v) is 6.90. The van der Waals surface area contributed by atoms with Gasteiger partial charge in [-0.3, -0.25) is 9.69 Å². The Labute approximate surface area is 124 Å². The Hall–Kier alpha value is -2.21. The highest BCUT2D eigenvalue weighted by Crippen LogP contribution is 2.17. The highest BCUT2D eigenvalue weighted by atomic mass is 16.3. The van der Waals surface area contributed by atoms with Gasteiger partial charge < -0.3 is 9.73 Å². The van der Waals surface area contributed by atoms with E-state index in [-0.39, 0.29) is 11.9 Å². The zero-order valence-corrected chi connectivity index (χ0v) is 12.5. The van der Waals surface area contributed by atoms with Gasteiger partial charge in [-0.1, -0.05) is 6.92 Å². The molecule has 6 nitrogen and oxygen atoms in total. The fourth-order valence-corrected chi connectivity index (χ4v) is 1.96. The summed E-state index contributed by atoms with van der Waals surface area (Å²) in [5, 5.41) is 2.89. The predicted octanol–water partition coefficient (Wildman–Crippen LogP) is 1.66. The molecule has 0 aliphatic carbocycles. The number of hydrogen-bond acceptors (Lipinski definition) is 5. The first-order valence-electron chi connectivity index (χ1n) is 6.90. The number of nitrogens with zero attached hydrogens (tertiary/aromatic N) is 3. The van der Waals surface area contributed by atoms with Crippen LogP contribution in [0.5, 0.6) is 0 Å². The van der Waals surface area contributed by atoms with Crippen LogP contribution in [-0.4, -0.2) is 41.4 Å². The minimum Gasteiger partial charge on any atom is -0.468 e. The lowest BCUT2D eigenvalue weighted by atomic mass is 10.2. The van der Waals surface area contributed by atoms with Crippen LogP contribution in [0.1, 0.15) is 34.9 Å². The lowest BCUT2D eigenvalue weighted by Crippen LogP contribution is -2.34. The Bertz CT molecular complexity index is 564. The number of amides is 1. The maximum atomic E-state index is 12.1. The quantitative estimate of drug-likeness (QED) is 0.875. The molecule has 0 aromatic carbocycles. The summed E-state index contributed by atoms with van der Waals surface area (Å²) in [6, 6.07) is 3.72. The molecule has 0 aliphatic heterocycles. The number of aryl methyl sites for hydroxylation is 1. The van der Waals surface area contributed by atoms with E-state index in [0.717, 1.165) is 18.0 Å². The second-order valence-electron chi connectivity index (χ2n) is 4.95. The van der Waals surface area contributed by atoms with Crippen molar-refractivity contribution in [3.8, 4) is 0 Å². The molecule has 0 saturated heterocycles. The maximum Gasteiger partial charge on any atom is 0.254 e. The molecule has 112 valence electrons. The Morgan fingerprint density at radius 3 is 2.62 bits per heavy atom. The Kier molecular flexibility index (Phi) is 5.05. The Morgan fingerprint density at radius 2 is 2.10 bits per heavy atom. The number of aromatic nitrogens is 2. The van der Waals surface area contributed by atoms with Gasteiger partial charge in [0, 0.05) is 25.4 Å². The molecule has 1 amide bonds. The van der Waals surface area contributed by atoms with Gasteiger partial charge in [-0.2, -0.15) is 0 Å². The van der Waals surface area contributed by atoms with Crippen molar-refractivity contribution in [1.29, 1.82) is 0 Å². The lowest BCUT2D eigenvalue weighted by molar-refractivity contribution is 0.0938. The summed E-state index contributed by atoms with van der Waals surface area (Å²) in [5.41, 5.74) is 0.462. The van der Waals surface area contributed by atoms with Crippen LogP contribution in [-0.2, 0) is 6.42 Å². The second kappa shape index (κ2) is 6.99. The van der Waals surface area contributed by atoms with Gasteiger partial charge in [-0.15, -0.1) is 0 Å². The number of furan rings is 1. The molecular weight excluding hydrogens is 268 g/mol. The van der Waals surface area contributed by atoms with Crippen molar-refractivity contribution in [2.75, 3.05) is 20.6 Å². The highest BCUT2D eigenvalue weighted by molar-refractivity contribution is 5.93. The minimum absolute atomic E-state index is 0.0141. The van der Waals surface area contributed by atoms with Crippen LogP contribution in [0.2, 0.25) is 0 Å². The molecule has 2 heterocycles. The van der Waals surface area contributed by atoms with Crippen molar-refractivity contribution in [3.63, 3.8) is 0 Å². The summed E-state index contributed by atoms with van der Waals surface area (Å²) < 4.78 is 5.41. The van der Waals surface area contributed by atoms with E-state index in [0.29, 0.717) is 12.1 Å². The molecule has 0 radical (unpaired) electrons. The van der Waals surface area contributed by atoms with E-state index < -0.39 is 0 Å². The Balaban J connectivity index is 1.98. The van der Waals surface area contributed by atoms with E-state index >= 15 is 0 Å². The number of carbonyl (C=O) groups is 1. The molecule has 2 rings (SSSR count). The van der Waals surface area contributed by atoms with Gasteiger partial charge in [0.25, 0.3) is 5.91 Å². The predicted molar refractivity (Wildman–Crippen MR) is 78.9 cm³/mol. The standard InChI is InChI=1S/C15H20N4O2/c1-4-14-16-8-11(9-17-14)15(20)18-10-12(19(2)3)13-6-5-7-21-13/h5-9,12H,4,10H2,1-3H3,(H,18,20)/t12-/m1/s1. The first-order chi connectivity index (χ1) is 10.1. The second-order valence-corrected chi connectivity index (χ2v) is 4.95. The normalized spacial score (nSPS) is 12.4. The van der Waals surface area contributed by atoms with E-state index in [1.807, 2.05) is 38.1 Å². The van der Waals surface area contributed by atoms with Gasteiger partial charge in [0.1, 0.15) is 11.6 Å². The summed E-state index contributed by atoms with van der Waals surface area (Å²) in [4.78, 5) is 22.4. The molecule has 0 fully saturated rings. The van der Waals surface area contributed by atoms with Crippen molar-refractivity contribution in [2.24, 2.45) is 0 Å². The van der Waals surface area contributed by atoms with Crippen LogP contribution in [0.4, 0.5) is 0 Å². The molecule has 1 N–H and O–H groups in total. The molecule has 6 heteroatoms. The fraction of sp³-hybridized carbons (Fsp3) is 0.400. The summed E-state index contributed by atoms with van der Waals surface area (Å²) in [6.45, 7) is 2.43. The molecule has 0 aliphatic rings. The van der Waals surface area contributed by atoms with Gasteiger partial charge in [0.2, 0.25) is 0 Å². The van der Waals surface area contributed by atoms with Crippen LogP contribution >= 0.6 is 0 Å². The van der Waals surface area contributed by atoms with Crippen LogP contribution in [0, 0.1) is 0 Å². The topological polar surface area (TPSA) is 71.3 Å². The molecule has 2 aromatic rings. The van der Waals surface area contributed by atoms with Crippen molar-refractivity contribution in [2.45, 2.75) is 19.4 Å². The number of nitrogens with one attached hydrogen (secondary N) is 1. The molecule has 2 aromatic heterocycles. The van der Waals surface area contributed by atoms with Crippen molar-refractivity contribution < 1.29 is 9.21 Å².